The number of fused-ring (bicyclic) bond motifs is 1. The van der Waals surface area contributed by atoms with Crippen molar-refractivity contribution in [3.63, 3.8) is 0 Å². The van der Waals surface area contributed by atoms with E-state index < -0.39 is 29.7 Å². The SMILES string of the molecule is COCC(=O)NCCCCCCNC(=O)COc1cccc2c1C(=O)N(C1CCC(=O)NC1=O)C2=O. The minimum Gasteiger partial charge on any atom is -0.483 e. The summed E-state index contributed by atoms with van der Waals surface area (Å²) in [6.07, 6.45) is 3.44. The molecular formula is C24H30N4O8. The number of rotatable bonds is 13. The van der Waals surface area contributed by atoms with Crippen molar-refractivity contribution < 1.29 is 38.2 Å². The Morgan fingerprint density at radius 1 is 0.972 bits per heavy atom. The molecule has 0 aromatic heterocycles. The van der Waals surface area contributed by atoms with Gasteiger partial charge in [0.05, 0.1) is 11.1 Å². The van der Waals surface area contributed by atoms with Gasteiger partial charge in [0.15, 0.2) is 6.61 Å². The number of ether oxygens (including phenoxy) is 2. The number of hydrogen-bond donors (Lipinski definition) is 3. The number of piperidine rings is 1. The van der Waals surface area contributed by atoms with E-state index in [0.29, 0.717) is 13.1 Å². The van der Waals surface area contributed by atoms with E-state index in [0.717, 1.165) is 30.6 Å². The summed E-state index contributed by atoms with van der Waals surface area (Å²) in [5.41, 5.74) is 0.0820. The van der Waals surface area contributed by atoms with Gasteiger partial charge in [-0.25, -0.2) is 0 Å². The third-order valence-electron chi connectivity index (χ3n) is 5.81. The van der Waals surface area contributed by atoms with Crippen LogP contribution in [0.25, 0.3) is 0 Å². The van der Waals surface area contributed by atoms with Crippen LogP contribution in [0.1, 0.15) is 59.2 Å². The van der Waals surface area contributed by atoms with Crippen molar-refractivity contribution in [1.29, 1.82) is 0 Å². The summed E-state index contributed by atoms with van der Waals surface area (Å²) in [4.78, 5) is 73.8. The minimum atomic E-state index is -1.08. The van der Waals surface area contributed by atoms with Crippen LogP contribution < -0.4 is 20.7 Å². The lowest BCUT2D eigenvalue weighted by molar-refractivity contribution is -0.136. The van der Waals surface area contributed by atoms with Gasteiger partial charge in [0.1, 0.15) is 18.4 Å². The number of imide groups is 2. The van der Waals surface area contributed by atoms with Crippen LogP contribution in [-0.4, -0.2) is 79.8 Å². The number of methoxy groups -OCH3 is 1. The quantitative estimate of drug-likeness (QED) is 0.249. The highest BCUT2D eigenvalue weighted by atomic mass is 16.5. The normalized spacial score (nSPS) is 17.0. The molecule has 0 bridgehead atoms. The molecule has 12 heteroatoms. The summed E-state index contributed by atoms with van der Waals surface area (Å²) in [5.74, 6) is -2.93. The number of nitrogens with one attached hydrogen (secondary N) is 3. The van der Waals surface area contributed by atoms with Crippen LogP contribution in [0.15, 0.2) is 18.2 Å². The van der Waals surface area contributed by atoms with E-state index in [1.807, 2.05) is 0 Å². The zero-order valence-electron chi connectivity index (χ0n) is 20.1. The average molecular weight is 503 g/mol. The Bertz CT molecular complexity index is 1040. The van der Waals surface area contributed by atoms with Crippen LogP contribution in [0, 0.1) is 0 Å². The smallest absolute Gasteiger partial charge is 0.266 e. The molecule has 2 heterocycles. The number of carbonyl (C=O) groups excluding carboxylic acids is 6. The van der Waals surface area contributed by atoms with Crippen molar-refractivity contribution in [2.75, 3.05) is 33.4 Å². The first kappa shape index (κ1) is 26.8. The predicted molar refractivity (Wildman–Crippen MR) is 125 cm³/mol. The third kappa shape index (κ3) is 6.66. The first-order valence-electron chi connectivity index (χ1n) is 11.8. The molecule has 1 atom stereocenters. The second-order valence-electron chi connectivity index (χ2n) is 8.46. The molecule has 1 aromatic carbocycles. The first-order chi connectivity index (χ1) is 17.3. The molecule has 3 rings (SSSR count). The Balaban J connectivity index is 1.43. The molecule has 0 aliphatic carbocycles. The van der Waals surface area contributed by atoms with Crippen molar-refractivity contribution in [2.24, 2.45) is 0 Å². The lowest BCUT2D eigenvalue weighted by Gasteiger charge is -2.27. The Morgan fingerprint density at radius 3 is 2.28 bits per heavy atom. The molecule has 2 aliphatic heterocycles. The maximum Gasteiger partial charge on any atom is 0.266 e. The number of benzene rings is 1. The largest absolute Gasteiger partial charge is 0.483 e. The van der Waals surface area contributed by atoms with E-state index in [4.69, 9.17) is 9.47 Å². The topological polar surface area (TPSA) is 160 Å². The molecule has 0 saturated carbocycles. The molecule has 0 radical (unpaired) electrons. The monoisotopic (exact) mass is 502 g/mol. The van der Waals surface area contributed by atoms with Crippen molar-refractivity contribution in [3.8, 4) is 5.75 Å². The molecule has 1 fully saturated rings. The maximum absolute atomic E-state index is 13.0. The van der Waals surface area contributed by atoms with Gasteiger partial charge in [-0.3, -0.25) is 39.0 Å². The molecule has 2 aliphatic rings. The third-order valence-corrected chi connectivity index (χ3v) is 5.81. The van der Waals surface area contributed by atoms with E-state index in [1.165, 1.54) is 25.3 Å². The summed E-state index contributed by atoms with van der Waals surface area (Å²) < 4.78 is 10.3. The Morgan fingerprint density at radius 2 is 1.64 bits per heavy atom. The summed E-state index contributed by atoms with van der Waals surface area (Å²) in [6.45, 7) is 0.724. The number of unbranched alkanes of at least 4 members (excludes halogenated alkanes) is 3. The fourth-order valence-electron chi connectivity index (χ4n) is 4.04. The van der Waals surface area contributed by atoms with E-state index >= 15 is 0 Å². The maximum atomic E-state index is 13.0. The van der Waals surface area contributed by atoms with Crippen molar-refractivity contribution >= 4 is 35.4 Å². The predicted octanol–water partition coefficient (Wildman–Crippen LogP) is -0.0942. The van der Waals surface area contributed by atoms with Gasteiger partial charge in [0.25, 0.3) is 17.7 Å². The Hall–Kier alpha value is -3.80. The van der Waals surface area contributed by atoms with Crippen LogP contribution in [-0.2, 0) is 23.9 Å². The molecular weight excluding hydrogens is 472 g/mol. The minimum absolute atomic E-state index is 0.00223. The highest BCUT2D eigenvalue weighted by molar-refractivity contribution is 6.24. The summed E-state index contributed by atoms with van der Waals surface area (Å²) in [7, 11) is 1.46. The zero-order valence-corrected chi connectivity index (χ0v) is 20.1. The zero-order chi connectivity index (χ0) is 26.1. The van der Waals surface area contributed by atoms with Crippen LogP contribution in [0.4, 0.5) is 0 Å². The van der Waals surface area contributed by atoms with Crippen LogP contribution in [0.5, 0.6) is 5.75 Å². The van der Waals surface area contributed by atoms with Crippen molar-refractivity contribution in [2.45, 2.75) is 44.6 Å². The van der Waals surface area contributed by atoms with Gasteiger partial charge in [-0.05, 0) is 31.4 Å². The van der Waals surface area contributed by atoms with Gasteiger partial charge in [-0.2, -0.15) is 0 Å². The van der Waals surface area contributed by atoms with E-state index in [2.05, 4.69) is 16.0 Å². The van der Waals surface area contributed by atoms with Crippen LogP contribution >= 0.6 is 0 Å². The van der Waals surface area contributed by atoms with E-state index in [-0.39, 0.29) is 54.7 Å². The molecule has 0 spiro atoms. The van der Waals surface area contributed by atoms with E-state index in [9.17, 15) is 28.8 Å². The average Bonchev–Trinajstić information content (AvgIpc) is 3.10. The fraction of sp³-hybridized carbons (Fsp3) is 0.500. The Kier molecular flexibility index (Phi) is 9.51. The van der Waals surface area contributed by atoms with E-state index in [1.54, 1.807) is 0 Å². The highest BCUT2D eigenvalue weighted by Gasteiger charge is 2.46. The molecule has 6 amide bonds. The molecule has 194 valence electrons. The molecule has 3 N–H and O–H groups in total. The van der Waals surface area contributed by atoms with Gasteiger partial charge >= 0.3 is 0 Å². The fourth-order valence-corrected chi connectivity index (χ4v) is 4.04. The first-order valence-corrected chi connectivity index (χ1v) is 11.8. The summed E-state index contributed by atoms with van der Waals surface area (Å²) in [6, 6.07) is 3.39. The lowest BCUT2D eigenvalue weighted by Crippen LogP contribution is -2.54. The van der Waals surface area contributed by atoms with Gasteiger partial charge in [0.2, 0.25) is 17.7 Å². The number of carbonyl (C=O) groups is 6. The standard InChI is InChI=1S/C24H30N4O8/c1-35-13-19(30)25-11-4-2-3-5-12-26-20(31)14-36-17-8-6-7-15-21(17)24(34)28(23(15)33)16-9-10-18(29)27-22(16)32/h6-8,16H,2-5,9-14H2,1H3,(H,25,30)(H,26,31)(H,27,29,32). The highest BCUT2D eigenvalue weighted by Crippen LogP contribution is 2.33. The molecule has 1 saturated heterocycles. The number of hydrogen-bond acceptors (Lipinski definition) is 8. The Labute approximate surface area is 208 Å². The number of amides is 6. The molecule has 12 nitrogen and oxygen atoms in total. The molecule has 1 aromatic rings. The molecule has 36 heavy (non-hydrogen) atoms. The van der Waals surface area contributed by atoms with Gasteiger partial charge in [-0.1, -0.05) is 18.9 Å². The van der Waals surface area contributed by atoms with Crippen LogP contribution in [0.3, 0.4) is 0 Å². The van der Waals surface area contributed by atoms with Gasteiger partial charge in [-0.15, -0.1) is 0 Å². The second kappa shape index (κ2) is 12.8. The van der Waals surface area contributed by atoms with Crippen molar-refractivity contribution in [1.82, 2.24) is 20.9 Å². The number of nitrogens with zero attached hydrogens (tertiary/aromatic N) is 1. The second-order valence-corrected chi connectivity index (χ2v) is 8.46. The van der Waals surface area contributed by atoms with Gasteiger partial charge < -0.3 is 20.1 Å². The summed E-state index contributed by atoms with van der Waals surface area (Å²) in [5, 5.41) is 7.63. The summed E-state index contributed by atoms with van der Waals surface area (Å²) >= 11 is 0. The van der Waals surface area contributed by atoms with Crippen molar-refractivity contribution in [3.05, 3.63) is 29.3 Å². The lowest BCUT2D eigenvalue weighted by atomic mass is 10.0. The van der Waals surface area contributed by atoms with Crippen LogP contribution in [0.2, 0.25) is 0 Å². The van der Waals surface area contributed by atoms with Gasteiger partial charge in [0, 0.05) is 26.6 Å². The molecule has 1 unspecified atom stereocenters.